The molecule has 1 aliphatic heterocycles. The van der Waals surface area contributed by atoms with E-state index < -0.39 is 6.04 Å². The van der Waals surface area contributed by atoms with Crippen LogP contribution in [0.25, 0.3) is 0 Å². The molecule has 2 N–H and O–H groups in total. The van der Waals surface area contributed by atoms with Crippen molar-refractivity contribution in [1.82, 2.24) is 10.6 Å². The summed E-state index contributed by atoms with van der Waals surface area (Å²) in [6, 6.07) is 8.82. The van der Waals surface area contributed by atoms with Crippen LogP contribution in [0.2, 0.25) is 0 Å². The summed E-state index contributed by atoms with van der Waals surface area (Å²) in [4.78, 5) is 25.7. The molecule has 0 radical (unpaired) electrons. The molecule has 5 heteroatoms. The molecule has 1 heterocycles. The van der Waals surface area contributed by atoms with Crippen molar-refractivity contribution in [2.24, 2.45) is 5.92 Å². The SMILES string of the molecule is CC(C)CNC(=O)N[C@@H]1CCN(c2ccccc2)C1=O. The normalized spacial score (nSPS) is 18.4. The number of benzene rings is 1. The minimum absolute atomic E-state index is 0.0455. The molecule has 0 saturated carbocycles. The Bertz CT molecular complexity index is 473. The van der Waals surface area contributed by atoms with Crippen molar-refractivity contribution in [1.29, 1.82) is 0 Å². The molecule has 1 fully saturated rings. The number of urea groups is 1. The van der Waals surface area contributed by atoms with Gasteiger partial charge in [-0.2, -0.15) is 0 Å². The summed E-state index contributed by atoms with van der Waals surface area (Å²) >= 11 is 0. The van der Waals surface area contributed by atoms with E-state index in [9.17, 15) is 9.59 Å². The molecule has 1 saturated heterocycles. The fourth-order valence-electron chi connectivity index (χ4n) is 2.18. The van der Waals surface area contributed by atoms with E-state index in [4.69, 9.17) is 0 Å². The molecule has 0 spiro atoms. The predicted molar refractivity (Wildman–Crippen MR) is 78.6 cm³/mol. The van der Waals surface area contributed by atoms with E-state index in [0.717, 1.165) is 5.69 Å². The third-order valence-electron chi connectivity index (χ3n) is 3.25. The van der Waals surface area contributed by atoms with Crippen molar-refractivity contribution in [2.45, 2.75) is 26.3 Å². The van der Waals surface area contributed by atoms with Crippen molar-refractivity contribution in [3.05, 3.63) is 30.3 Å². The van der Waals surface area contributed by atoms with Gasteiger partial charge < -0.3 is 15.5 Å². The standard InChI is InChI=1S/C15H21N3O2/c1-11(2)10-16-15(20)17-13-8-9-18(14(13)19)12-6-4-3-5-7-12/h3-7,11,13H,8-10H2,1-2H3,(H2,16,17,20)/t13-/m1/s1. The second-order valence-corrected chi connectivity index (χ2v) is 5.41. The Morgan fingerprint density at radius 3 is 2.70 bits per heavy atom. The van der Waals surface area contributed by atoms with E-state index in [2.05, 4.69) is 10.6 Å². The highest BCUT2D eigenvalue weighted by atomic mass is 16.2. The highest BCUT2D eigenvalue weighted by Gasteiger charge is 2.33. The lowest BCUT2D eigenvalue weighted by molar-refractivity contribution is -0.118. The Balaban J connectivity index is 1.90. The van der Waals surface area contributed by atoms with E-state index >= 15 is 0 Å². The van der Waals surface area contributed by atoms with Crippen LogP contribution in [0, 0.1) is 5.92 Å². The van der Waals surface area contributed by atoms with Gasteiger partial charge in [-0.15, -0.1) is 0 Å². The highest BCUT2D eigenvalue weighted by Crippen LogP contribution is 2.20. The third-order valence-corrected chi connectivity index (χ3v) is 3.25. The second-order valence-electron chi connectivity index (χ2n) is 5.41. The Morgan fingerprint density at radius 1 is 1.35 bits per heavy atom. The molecule has 0 aromatic heterocycles. The van der Waals surface area contributed by atoms with Gasteiger partial charge in [0.1, 0.15) is 6.04 Å². The molecule has 3 amide bonds. The van der Waals surface area contributed by atoms with E-state index in [1.165, 1.54) is 0 Å². The van der Waals surface area contributed by atoms with E-state index in [1.807, 2.05) is 44.2 Å². The van der Waals surface area contributed by atoms with Gasteiger partial charge in [-0.3, -0.25) is 4.79 Å². The molecule has 1 aliphatic rings. The predicted octanol–water partition coefficient (Wildman–Crippen LogP) is 1.75. The molecule has 1 atom stereocenters. The topological polar surface area (TPSA) is 61.4 Å². The van der Waals surface area contributed by atoms with Crippen LogP contribution in [0.4, 0.5) is 10.5 Å². The van der Waals surface area contributed by atoms with Gasteiger partial charge in [-0.25, -0.2) is 4.79 Å². The van der Waals surface area contributed by atoms with Crippen LogP contribution < -0.4 is 15.5 Å². The van der Waals surface area contributed by atoms with Crippen LogP contribution in [0.5, 0.6) is 0 Å². The van der Waals surface area contributed by atoms with Crippen molar-refractivity contribution in [2.75, 3.05) is 18.0 Å². The maximum atomic E-state index is 12.3. The fourth-order valence-corrected chi connectivity index (χ4v) is 2.18. The van der Waals surface area contributed by atoms with Crippen LogP contribution in [0.15, 0.2) is 30.3 Å². The van der Waals surface area contributed by atoms with Crippen LogP contribution in [-0.2, 0) is 4.79 Å². The van der Waals surface area contributed by atoms with Crippen molar-refractivity contribution >= 4 is 17.6 Å². The minimum atomic E-state index is -0.428. The van der Waals surface area contributed by atoms with Gasteiger partial charge >= 0.3 is 6.03 Å². The number of nitrogens with zero attached hydrogens (tertiary/aromatic N) is 1. The minimum Gasteiger partial charge on any atom is -0.338 e. The number of hydrogen-bond donors (Lipinski definition) is 2. The lowest BCUT2D eigenvalue weighted by atomic mass is 10.2. The Hall–Kier alpha value is -2.04. The maximum absolute atomic E-state index is 12.3. The van der Waals surface area contributed by atoms with Crippen LogP contribution in [-0.4, -0.2) is 31.1 Å². The number of rotatable bonds is 4. The number of hydrogen-bond acceptors (Lipinski definition) is 2. The first-order valence-electron chi connectivity index (χ1n) is 6.98. The summed E-state index contributed by atoms with van der Waals surface area (Å²) in [7, 11) is 0. The van der Waals surface area contributed by atoms with Gasteiger partial charge in [0.15, 0.2) is 0 Å². The second kappa shape index (κ2) is 6.41. The Labute approximate surface area is 119 Å². The molecule has 2 rings (SSSR count). The monoisotopic (exact) mass is 275 g/mol. The van der Waals surface area contributed by atoms with Crippen LogP contribution >= 0.6 is 0 Å². The average Bonchev–Trinajstić information content (AvgIpc) is 2.79. The third kappa shape index (κ3) is 3.50. The first kappa shape index (κ1) is 14.4. The van der Waals surface area contributed by atoms with Gasteiger partial charge in [0, 0.05) is 18.8 Å². The molecule has 108 valence electrons. The summed E-state index contributed by atoms with van der Waals surface area (Å²) in [5.74, 6) is 0.344. The molecular weight excluding hydrogens is 254 g/mol. The summed E-state index contributed by atoms with van der Waals surface area (Å²) in [6.45, 7) is 5.30. The molecule has 5 nitrogen and oxygen atoms in total. The lowest BCUT2D eigenvalue weighted by Crippen LogP contribution is -2.46. The van der Waals surface area contributed by atoms with Gasteiger partial charge in [0.25, 0.3) is 0 Å². The summed E-state index contributed by atoms with van der Waals surface area (Å²) in [6.07, 6.45) is 0.642. The number of anilines is 1. The first-order valence-corrected chi connectivity index (χ1v) is 6.98. The molecule has 1 aromatic carbocycles. The molecular formula is C15H21N3O2. The van der Waals surface area contributed by atoms with Crippen molar-refractivity contribution in [3.63, 3.8) is 0 Å². The molecule has 0 bridgehead atoms. The quantitative estimate of drug-likeness (QED) is 0.879. The molecule has 1 aromatic rings. The molecule has 0 aliphatic carbocycles. The van der Waals surface area contributed by atoms with Gasteiger partial charge in [0.2, 0.25) is 5.91 Å². The molecule has 20 heavy (non-hydrogen) atoms. The number of amides is 3. The van der Waals surface area contributed by atoms with Crippen molar-refractivity contribution < 1.29 is 9.59 Å². The van der Waals surface area contributed by atoms with Gasteiger partial charge in [-0.1, -0.05) is 32.0 Å². The van der Waals surface area contributed by atoms with Gasteiger partial charge in [0.05, 0.1) is 0 Å². The summed E-state index contributed by atoms with van der Waals surface area (Å²) < 4.78 is 0. The first-order chi connectivity index (χ1) is 9.58. The van der Waals surface area contributed by atoms with Crippen LogP contribution in [0.3, 0.4) is 0 Å². The number of carbonyl (C=O) groups is 2. The number of carbonyl (C=O) groups excluding carboxylic acids is 2. The van der Waals surface area contributed by atoms with E-state index in [1.54, 1.807) is 4.90 Å². The maximum Gasteiger partial charge on any atom is 0.315 e. The fraction of sp³-hybridized carbons (Fsp3) is 0.467. The largest absolute Gasteiger partial charge is 0.338 e. The van der Waals surface area contributed by atoms with E-state index in [0.29, 0.717) is 25.4 Å². The number of para-hydroxylation sites is 1. The lowest BCUT2D eigenvalue weighted by Gasteiger charge is -2.17. The zero-order valence-electron chi connectivity index (χ0n) is 11.9. The smallest absolute Gasteiger partial charge is 0.315 e. The zero-order chi connectivity index (χ0) is 14.5. The average molecular weight is 275 g/mol. The zero-order valence-corrected chi connectivity index (χ0v) is 11.9. The molecule has 0 unspecified atom stereocenters. The Kier molecular flexibility index (Phi) is 4.61. The highest BCUT2D eigenvalue weighted by molar-refractivity contribution is 6.01. The van der Waals surface area contributed by atoms with Gasteiger partial charge in [-0.05, 0) is 24.5 Å². The van der Waals surface area contributed by atoms with Crippen LogP contribution in [0.1, 0.15) is 20.3 Å². The summed E-state index contributed by atoms with van der Waals surface area (Å²) in [5, 5.41) is 5.51. The number of nitrogens with one attached hydrogen (secondary N) is 2. The summed E-state index contributed by atoms with van der Waals surface area (Å²) in [5.41, 5.74) is 0.879. The van der Waals surface area contributed by atoms with Crippen molar-refractivity contribution in [3.8, 4) is 0 Å². The Morgan fingerprint density at radius 2 is 2.05 bits per heavy atom. The van der Waals surface area contributed by atoms with E-state index in [-0.39, 0.29) is 11.9 Å².